The molecule has 1 heterocycles. The molecule has 2 aromatic rings. The molecule has 1 aromatic carbocycles. The monoisotopic (exact) mass is 272 g/mol. The Hall–Kier alpha value is -2.10. The number of aryl methyl sites for hydroxylation is 2. The van der Waals surface area contributed by atoms with Crippen LogP contribution in [0, 0.1) is 12.8 Å². The first-order valence-corrected chi connectivity index (χ1v) is 6.76. The highest BCUT2D eigenvalue weighted by Gasteiger charge is 2.20. The van der Waals surface area contributed by atoms with Gasteiger partial charge in [-0.15, -0.1) is 0 Å². The summed E-state index contributed by atoms with van der Waals surface area (Å²) in [6, 6.07) is 8.06. The summed E-state index contributed by atoms with van der Waals surface area (Å²) >= 11 is 0. The highest BCUT2D eigenvalue weighted by molar-refractivity contribution is 5.96. The van der Waals surface area contributed by atoms with E-state index >= 15 is 0 Å². The Morgan fingerprint density at radius 3 is 2.40 bits per heavy atom. The highest BCUT2D eigenvalue weighted by Crippen LogP contribution is 2.26. The van der Waals surface area contributed by atoms with E-state index in [1.54, 1.807) is 18.7 Å². The zero-order valence-corrected chi connectivity index (χ0v) is 12.3. The van der Waals surface area contributed by atoms with Crippen molar-refractivity contribution in [2.45, 2.75) is 27.2 Å². The van der Waals surface area contributed by atoms with Crippen LogP contribution in [0.5, 0.6) is 0 Å². The van der Waals surface area contributed by atoms with E-state index in [0.717, 1.165) is 12.0 Å². The maximum absolute atomic E-state index is 11.4. The van der Waals surface area contributed by atoms with E-state index < -0.39 is 5.97 Å². The van der Waals surface area contributed by atoms with Crippen LogP contribution in [0.1, 0.15) is 35.5 Å². The van der Waals surface area contributed by atoms with E-state index in [0.29, 0.717) is 17.3 Å². The van der Waals surface area contributed by atoms with Gasteiger partial charge in [0.05, 0.1) is 11.4 Å². The van der Waals surface area contributed by atoms with Crippen LogP contribution in [-0.2, 0) is 13.5 Å². The molecule has 0 atom stereocenters. The molecule has 0 spiro atoms. The van der Waals surface area contributed by atoms with E-state index in [9.17, 15) is 9.90 Å². The van der Waals surface area contributed by atoms with Crippen LogP contribution in [0.15, 0.2) is 24.3 Å². The standard InChI is InChI=1S/C16H20N2O2/c1-10(2)9-12-5-7-13(8-6-12)15-14(16(19)20)11(3)17-18(15)4/h5-8,10H,9H2,1-4H3,(H,19,20). The Morgan fingerprint density at radius 2 is 1.90 bits per heavy atom. The molecule has 106 valence electrons. The van der Waals surface area contributed by atoms with Gasteiger partial charge in [0.25, 0.3) is 0 Å². The Balaban J connectivity index is 2.44. The quantitative estimate of drug-likeness (QED) is 0.929. The molecule has 4 nitrogen and oxygen atoms in total. The van der Waals surface area contributed by atoms with Crippen LogP contribution in [0.3, 0.4) is 0 Å². The first kappa shape index (κ1) is 14.3. The second kappa shape index (κ2) is 5.49. The molecule has 20 heavy (non-hydrogen) atoms. The predicted molar refractivity (Wildman–Crippen MR) is 78.9 cm³/mol. The van der Waals surface area contributed by atoms with Crippen molar-refractivity contribution in [2.24, 2.45) is 13.0 Å². The molecule has 0 radical (unpaired) electrons. The maximum atomic E-state index is 11.4. The van der Waals surface area contributed by atoms with Gasteiger partial charge < -0.3 is 5.11 Å². The summed E-state index contributed by atoms with van der Waals surface area (Å²) in [5, 5.41) is 13.6. The van der Waals surface area contributed by atoms with Crippen LogP contribution in [0.25, 0.3) is 11.3 Å². The van der Waals surface area contributed by atoms with Crippen molar-refractivity contribution in [1.82, 2.24) is 9.78 Å². The van der Waals surface area contributed by atoms with Gasteiger partial charge in [0.1, 0.15) is 5.56 Å². The fourth-order valence-electron chi connectivity index (χ4n) is 2.52. The van der Waals surface area contributed by atoms with Gasteiger partial charge >= 0.3 is 5.97 Å². The molecule has 0 bridgehead atoms. The summed E-state index contributed by atoms with van der Waals surface area (Å²) in [7, 11) is 1.77. The van der Waals surface area contributed by atoms with Crippen molar-refractivity contribution in [3.63, 3.8) is 0 Å². The zero-order chi connectivity index (χ0) is 14.9. The molecule has 2 rings (SSSR count). The number of hydrogen-bond acceptors (Lipinski definition) is 2. The minimum Gasteiger partial charge on any atom is -0.478 e. The van der Waals surface area contributed by atoms with Crippen LogP contribution in [-0.4, -0.2) is 20.9 Å². The summed E-state index contributed by atoms with van der Waals surface area (Å²) in [6.07, 6.45) is 1.02. The molecule has 0 aliphatic heterocycles. The minimum absolute atomic E-state index is 0.282. The molecular formula is C16H20N2O2. The fraction of sp³-hybridized carbons (Fsp3) is 0.375. The van der Waals surface area contributed by atoms with Crippen LogP contribution < -0.4 is 0 Å². The fourth-order valence-corrected chi connectivity index (χ4v) is 2.52. The number of aromatic carboxylic acids is 1. The molecule has 0 aliphatic rings. The lowest BCUT2D eigenvalue weighted by atomic mass is 9.99. The number of benzene rings is 1. The lowest BCUT2D eigenvalue weighted by Gasteiger charge is -2.08. The van der Waals surface area contributed by atoms with Crippen molar-refractivity contribution in [3.05, 3.63) is 41.1 Å². The van der Waals surface area contributed by atoms with Crippen molar-refractivity contribution < 1.29 is 9.90 Å². The van der Waals surface area contributed by atoms with Crippen LogP contribution in [0.2, 0.25) is 0 Å². The van der Waals surface area contributed by atoms with Gasteiger partial charge in [-0.2, -0.15) is 5.10 Å². The lowest BCUT2D eigenvalue weighted by molar-refractivity contribution is 0.0697. The predicted octanol–water partition coefficient (Wildman–Crippen LogP) is 3.29. The second-order valence-electron chi connectivity index (χ2n) is 5.53. The number of carbonyl (C=O) groups is 1. The molecule has 4 heteroatoms. The van der Waals surface area contributed by atoms with E-state index in [-0.39, 0.29) is 5.56 Å². The van der Waals surface area contributed by atoms with E-state index in [2.05, 4.69) is 31.1 Å². The number of nitrogens with zero attached hydrogens (tertiary/aromatic N) is 2. The second-order valence-corrected chi connectivity index (χ2v) is 5.53. The normalized spacial score (nSPS) is 11.1. The SMILES string of the molecule is Cc1nn(C)c(-c2ccc(CC(C)C)cc2)c1C(=O)O. The zero-order valence-electron chi connectivity index (χ0n) is 12.3. The molecule has 0 saturated carbocycles. The average molecular weight is 272 g/mol. The molecule has 1 aromatic heterocycles. The third-order valence-corrected chi connectivity index (χ3v) is 3.31. The molecule has 1 N–H and O–H groups in total. The summed E-state index contributed by atoms with van der Waals surface area (Å²) in [4.78, 5) is 11.4. The molecule has 0 fully saturated rings. The van der Waals surface area contributed by atoms with Crippen molar-refractivity contribution in [1.29, 1.82) is 0 Å². The molecular weight excluding hydrogens is 252 g/mol. The number of rotatable bonds is 4. The van der Waals surface area contributed by atoms with Crippen molar-refractivity contribution in [3.8, 4) is 11.3 Å². The first-order valence-electron chi connectivity index (χ1n) is 6.76. The smallest absolute Gasteiger partial charge is 0.339 e. The number of hydrogen-bond donors (Lipinski definition) is 1. The summed E-state index contributed by atoms with van der Waals surface area (Å²) in [5.74, 6) is -0.328. The van der Waals surface area contributed by atoms with E-state index in [4.69, 9.17) is 0 Å². The Bertz CT molecular complexity index is 625. The van der Waals surface area contributed by atoms with Gasteiger partial charge in [-0.1, -0.05) is 38.1 Å². The largest absolute Gasteiger partial charge is 0.478 e. The van der Waals surface area contributed by atoms with Gasteiger partial charge in [-0.3, -0.25) is 4.68 Å². The van der Waals surface area contributed by atoms with E-state index in [1.807, 2.05) is 12.1 Å². The van der Waals surface area contributed by atoms with Gasteiger partial charge in [0.15, 0.2) is 0 Å². The minimum atomic E-state index is -0.933. The number of carboxylic acids is 1. The van der Waals surface area contributed by atoms with Gasteiger partial charge in [0.2, 0.25) is 0 Å². The van der Waals surface area contributed by atoms with Gasteiger partial charge in [-0.25, -0.2) is 4.79 Å². The first-order chi connectivity index (χ1) is 9.40. The maximum Gasteiger partial charge on any atom is 0.339 e. The topological polar surface area (TPSA) is 55.1 Å². The Morgan fingerprint density at radius 1 is 1.30 bits per heavy atom. The van der Waals surface area contributed by atoms with Crippen molar-refractivity contribution in [2.75, 3.05) is 0 Å². The molecule has 0 saturated heterocycles. The van der Waals surface area contributed by atoms with Crippen LogP contribution >= 0.6 is 0 Å². The van der Waals surface area contributed by atoms with Gasteiger partial charge in [0, 0.05) is 12.6 Å². The average Bonchev–Trinajstić information content (AvgIpc) is 2.64. The Kier molecular flexibility index (Phi) is 3.93. The highest BCUT2D eigenvalue weighted by atomic mass is 16.4. The third kappa shape index (κ3) is 2.74. The van der Waals surface area contributed by atoms with Gasteiger partial charge in [-0.05, 0) is 24.8 Å². The molecule has 0 amide bonds. The summed E-state index contributed by atoms with van der Waals surface area (Å²) in [6.45, 7) is 6.09. The lowest BCUT2D eigenvalue weighted by Crippen LogP contribution is -2.01. The molecule has 0 unspecified atom stereocenters. The summed E-state index contributed by atoms with van der Waals surface area (Å²) in [5.41, 5.74) is 3.63. The Labute approximate surface area is 119 Å². The van der Waals surface area contributed by atoms with Crippen LogP contribution in [0.4, 0.5) is 0 Å². The third-order valence-electron chi connectivity index (χ3n) is 3.31. The number of aromatic nitrogens is 2. The van der Waals surface area contributed by atoms with E-state index in [1.165, 1.54) is 5.56 Å². The molecule has 0 aliphatic carbocycles. The summed E-state index contributed by atoms with van der Waals surface area (Å²) < 4.78 is 1.64. The number of carboxylic acid groups (broad SMARTS) is 1. The van der Waals surface area contributed by atoms with Crippen molar-refractivity contribution >= 4 is 5.97 Å².